The molecular weight excluding hydrogens is 338 g/mol. The van der Waals surface area contributed by atoms with Crippen molar-refractivity contribution in [3.8, 4) is 11.5 Å². The highest BCUT2D eigenvalue weighted by Gasteiger charge is 2.34. The van der Waals surface area contributed by atoms with Crippen LogP contribution in [0.3, 0.4) is 0 Å². The summed E-state index contributed by atoms with van der Waals surface area (Å²) in [5.41, 5.74) is 0.650. The average molecular weight is 358 g/mol. The lowest BCUT2D eigenvalue weighted by Crippen LogP contribution is -2.57. The van der Waals surface area contributed by atoms with E-state index in [0.717, 1.165) is 6.54 Å². The summed E-state index contributed by atoms with van der Waals surface area (Å²) in [5.74, 6) is 1.87. The van der Waals surface area contributed by atoms with E-state index in [2.05, 4.69) is 15.2 Å². The molecule has 3 fully saturated rings. The molecule has 1 amide bonds. The summed E-state index contributed by atoms with van der Waals surface area (Å²) in [5, 5.41) is 3.58. The molecule has 1 aromatic heterocycles. The van der Waals surface area contributed by atoms with Crippen LogP contribution in [0.5, 0.6) is 11.5 Å². The zero-order valence-corrected chi connectivity index (χ0v) is 14.6. The highest BCUT2D eigenvalue weighted by Crippen LogP contribution is 2.28. The quantitative estimate of drug-likeness (QED) is 0.852. The Morgan fingerprint density at radius 1 is 1.16 bits per heavy atom. The van der Waals surface area contributed by atoms with Crippen LogP contribution in [0.4, 0.5) is 0 Å². The summed E-state index contributed by atoms with van der Waals surface area (Å²) in [6.07, 6.45) is 3.96. The van der Waals surface area contributed by atoms with E-state index in [4.69, 9.17) is 16.3 Å². The molecule has 4 heterocycles. The van der Waals surface area contributed by atoms with Gasteiger partial charge < -0.3 is 15.0 Å². The van der Waals surface area contributed by atoms with Gasteiger partial charge in [0.25, 0.3) is 5.91 Å². The number of ether oxygens (including phenoxy) is 1. The van der Waals surface area contributed by atoms with Gasteiger partial charge in [0.05, 0.1) is 0 Å². The Labute approximate surface area is 152 Å². The second-order valence-electron chi connectivity index (χ2n) is 6.66. The van der Waals surface area contributed by atoms with E-state index < -0.39 is 0 Å². The first-order chi connectivity index (χ1) is 12.2. The van der Waals surface area contributed by atoms with Gasteiger partial charge in [0.15, 0.2) is 0 Å². The third-order valence-corrected chi connectivity index (χ3v) is 5.23. The van der Waals surface area contributed by atoms with Crippen molar-refractivity contribution in [2.45, 2.75) is 18.9 Å². The van der Waals surface area contributed by atoms with E-state index >= 15 is 0 Å². The van der Waals surface area contributed by atoms with Gasteiger partial charge >= 0.3 is 0 Å². The molecule has 1 aromatic carbocycles. The predicted octanol–water partition coefficient (Wildman–Crippen LogP) is 3.35. The maximum absolute atomic E-state index is 12.5. The van der Waals surface area contributed by atoms with Crippen molar-refractivity contribution in [1.82, 2.24) is 15.2 Å². The van der Waals surface area contributed by atoms with Crippen LogP contribution < -0.4 is 10.1 Å². The minimum Gasteiger partial charge on any atom is -0.457 e. The highest BCUT2D eigenvalue weighted by atomic mass is 35.5. The number of hydrogen-bond donors (Lipinski definition) is 1. The minimum atomic E-state index is -0.0164. The van der Waals surface area contributed by atoms with E-state index in [9.17, 15) is 4.79 Å². The number of carbonyl (C=O) groups excluding carboxylic acids is 1. The zero-order valence-electron chi connectivity index (χ0n) is 13.8. The number of benzene rings is 1. The Hall–Kier alpha value is -2.11. The molecule has 1 N–H and O–H groups in total. The molecular formula is C19H20ClN3O2. The van der Waals surface area contributed by atoms with Crippen LogP contribution >= 0.6 is 11.6 Å². The number of nitrogens with one attached hydrogen (secondary N) is 1. The number of aromatic nitrogens is 1. The molecule has 0 saturated carbocycles. The second-order valence-corrected chi connectivity index (χ2v) is 7.05. The van der Waals surface area contributed by atoms with Gasteiger partial charge in [-0.1, -0.05) is 11.6 Å². The molecule has 130 valence electrons. The second kappa shape index (κ2) is 7.02. The molecule has 0 aliphatic carbocycles. The third-order valence-electron chi connectivity index (χ3n) is 5.02. The zero-order chi connectivity index (χ0) is 17.2. The lowest BCUT2D eigenvalue weighted by molar-refractivity contribution is 0.0620. The third kappa shape index (κ3) is 3.78. The largest absolute Gasteiger partial charge is 0.457 e. The Bertz CT molecular complexity index is 758. The summed E-state index contributed by atoms with van der Waals surface area (Å²) in [4.78, 5) is 18.9. The van der Waals surface area contributed by atoms with E-state index in [1.165, 1.54) is 25.9 Å². The summed E-state index contributed by atoms with van der Waals surface area (Å²) < 4.78 is 5.72. The molecule has 3 aliphatic heterocycles. The molecule has 6 heteroatoms. The molecule has 1 unspecified atom stereocenters. The van der Waals surface area contributed by atoms with Crippen molar-refractivity contribution in [2.75, 3.05) is 19.6 Å². The van der Waals surface area contributed by atoms with Crippen molar-refractivity contribution in [3.63, 3.8) is 0 Å². The van der Waals surface area contributed by atoms with Crippen LogP contribution in [-0.4, -0.2) is 41.5 Å². The topological polar surface area (TPSA) is 54.5 Å². The highest BCUT2D eigenvalue weighted by molar-refractivity contribution is 6.29. The van der Waals surface area contributed by atoms with Crippen molar-refractivity contribution in [3.05, 3.63) is 53.3 Å². The number of pyridine rings is 1. The fraction of sp³-hybridized carbons (Fsp3) is 0.368. The number of nitrogens with zero attached hydrogens (tertiary/aromatic N) is 2. The Balaban J connectivity index is 1.39. The van der Waals surface area contributed by atoms with Gasteiger partial charge in [-0.05, 0) is 62.2 Å². The van der Waals surface area contributed by atoms with Crippen molar-refractivity contribution < 1.29 is 9.53 Å². The summed E-state index contributed by atoms with van der Waals surface area (Å²) in [6.45, 7) is 3.31. The molecule has 3 aliphatic rings. The number of amides is 1. The van der Waals surface area contributed by atoms with Gasteiger partial charge in [-0.15, -0.1) is 0 Å². The summed E-state index contributed by atoms with van der Waals surface area (Å²) in [6, 6.07) is 10.8. The van der Waals surface area contributed by atoms with Gasteiger partial charge in [-0.3, -0.25) is 4.79 Å². The maximum atomic E-state index is 12.5. The summed E-state index contributed by atoms with van der Waals surface area (Å²) >= 11 is 5.85. The van der Waals surface area contributed by atoms with Crippen LogP contribution in [0.2, 0.25) is 5.15 Å². The van der Waals surface area contributed by atoms with Crippen LogP contribution in [-0.2, 0) is 0 Å². The SMILES string of the molecule is O=C(NC1CN2CCC1CC2)c1ccc(Oc2ccnc(Cl)c2)cc1. The Morgan fingerprint density at radius 2 is 1.92 bits per heavy atom. The van der Waals surface area contributed by atoms with Crippen LogP contribution in [0.15, 0.2) is 42.6 Å². The maximum Gasteiger partial charge on any atom is 0.251 e. The molecule has 5 nitrogen and oxygen atoms in total. The van der Waals surface area contributed by atoms with Gasteiger partial charge in [-0.2, -0.15) is 0 Å². The molecule has 1 atom stereocenters. The lowest BCUT2D eigenvalue weighted by Gasteiger charge is -2.44. The first-order valence-corrected chi connectivity index (χ1v) is 8.98. The molecule has 5 rings (SSSR count). The molecule has 2 aromatic rings. The van der Waals surface area contributed by atoms with Crippen LogP contribution in [0.1, 0.15) is 23.2 Å². The number of hydrogen-bond acceptors (Lipinski definition) is 4. The normalized spacial score (nSPS) is 24.8. The van der Waals surface area contributed by atoms with Crippen molar-refractivity contribution >= 4 is 17.5 Å². The molecule has 0 spiro atoms. The number of carbonyl (C=O) groups is 1. The number of halogens is 1. The first-order valence-electron chi connectivity index (χ1n) is 8.60. The molecule has 3 saturated heterocycles. The number of fused-ring (bicyclic) bond motifs is 3. The van der Waals surface area contributed by atoms with E-state index in [0.29, 0.717) is 28.1 Å². The lowest BCUT2D eigenvalue weighted by atomic mass is 9.84. The number of rotatable bonds is 4. The van der Waals surface area contributed by atoms with Gasteiger partial charge in [0.2, 0.25) is 0 Å². The Kier molecular flexibility index (Phi) is 4.59. The standard InChI is InChI=1S/C19H20ClN3O2/c20-18-11-16(5-8-21-18)25-15-3-1-14(2-4-15)19(24)22-17-12-23-9-6-13(17)7-10-23/h1-5,8,11,13,17H,6-7,9-10,12H2,(H,22,24). The van der Waals surface area contributed by atoms with Gasteiger partial charge in [0, 0.05) is 30.4 Å². The predicted molar refractivity (Wildman–Crippen MR) is 96.2 cm³/mol. The summed E-state index contributed by atoms with van der Waals surface area (Å²) in [7, 11) is 0. The van der Waals surface area contributed by atoms with Crippen LogP contribution in [0.25, 0.3) is 0 Å². The van der Waals surface area contributed by atoms with Crippen LogP contribution in [0, 0.1) is 5.92 Å². The van der Waals surface area contributed by atoms with Gasteiger partial charge in [0.1, 0.15) is 16.7 Å². The van der Waals surface area contributed by atoms with Crippen molar-refractivity contribution in [2.24, 2.45) is 5.92 Å². The number of piperidine rings is 3. The van der Waals surface area contributed by atoms with E-state index in [1.807, 2.05) is 0 Å². The monoisotopic (exact) mass is 357 g/mol. The minimum absolute atomic E-state index is 0.0164. The van der Waals surface area contributed by atoms with E-state index in [1.54, 1.807) is 42.6 Å². The van der Waals surface area contributed by atoms with Crippen molar-refractivity contribution in [1.29, 1.82) is 0 Å². The first kappa shape index (κ1) is 16.4. The molecule has 0 radical (unpaired) electrons. The smallest absolute Gasteiger partial charge is 0.251 e. The van der Waals surface area contributed by atoms with E-state index in [-0.39, 0.29) is 11.9 Å². The Morgan fingerprint density at radius 3 is 2.56 bits per heavy atom. The van der Waals surface area contributed by atoms with Gasteiger partial charge in [-0.25, -0.2) is 4.98 Å². The average Bonchev–Trinajstić information content (AvgIpc) is 2.63. The molecule has 25 heavy (non-hydrogen) atoms. The fourth-order valence-corrected chi connectivity index (χ4v) is 3.80. The molecule has 2 bridgehead atoms. The fourth-order valence-electron chi connectivity index (χ4n) is 3.64.